The number of aliphatic hydroxyl groups is 1. The van der Waals surface area contributed by atoms with Crippen LogP contribution in [0.3, 0.4) is 0 Å². The van der Waals surface area contributed by atoms with Crippen molar-refractivity contribution in [1.29, 1.82) is 0 Å². The van der Waals surface area contributed by atoms with Gasteiger partial charge < -0.3 is 5.11 Å². The molecule has 1 heterocycles. The van der Waals surface area contributed by atoms with Crippen LogP contribution in [-0.2, 0) is 0 Å². The largest absolute Gasteiger partial charge is 0.392 e. The van der Waals surface area contributed by atoms with Crippen molar-refractivity contribution in [3.63, 3.8) is 0 Å². The standard InChI is InChI=1S/C14H16OS/c15-12-7-3-2-6-11(12)14-9-10-5-1-4-8-13(10)16-14/h1,4-5,8-9,11-12,15H,2-3,6-7H2/t11-,12+/m0/s1. The van der Waals surface area contributed by atoms with Crippen molar-refractivity contribution in [3.05, 3.63) is 35.2 Å². The lowest BCUT2D eigenvalue weighted by Gasteiger charge is -2.26. The minimum Gasteiger partial charge on any atom is -0.392 e. The molecule has 0 spiro atoms. The van der Waals surface area contributed by atoms with Crippen LogP contribution in [0.4, 0.5) is 0 Å². The van der Waals surface area contributed by atoms with Gasteiger partial charge in [-0.1, -0.05) is 31.0 Å². The number of hydrogen-bond donors (Lipinski definition) is 1. The molecular weight excluding hydrogens is 216 g/mol. The van der Waals surface area contributed by atoms with Crippen LogP contribution < -0.4 is 0 Å². The van der Waals surface area contributed by atoms with Gasteiger partial charge in [0.1, 0.15) is 0 Å². The van der Waals surface area contributed by atoms with Gasteiger partial charge in [0, 0.05) is 15.5 Å². The maximum Gasteiger partial charge on any atom is 0.0616 e. The van der Waals surface area contributed by atoms with Gasteiger partial charge >= 0.3 is 0 Å². The van der Waals surface area contributed by atoms with Crippen molar-refractivity contribution in [2.24, 2.45) is 0 Å². The molecule has 1 aromatic heterocycles. The Labute approximate surface area is 99.7 Å². The van der Waals surface area contributed by atoms with Crippen molar-refractivity contribution < 1.29 is 5.11 Å². The average Bonchev–Trinajstić information content (AvgIpc) is 2.73. The van der Waals surface area contributed by atoms with E-state index in [1.54, 1.807) is 0 Å². The predicted octanol–water partition coefficient (Wildman–Crippen LogP) is 3.92. The van der Waals surface area contributed by atoms with E-state index >= 15 is 0 Å². The highest BCUT2D eigenvalue weighted by molar-refractivity contribution is 7.19. The molecule has 84 valence electrons. The molecule has 0 amide bonds. The summed E-state index contributed by atoms with van der Waals surface area (Å²) in [6, 6.07) is 10.7. The summed E-state index contributed by atoms with van der Waals surface area (Å²) in [5, 5.41) is 11.4. The average molecular weight is 232 g/mol. The van der Waals surface area contributed by atoms with E-state index < -0.39 is 0 Å². The number of hydrogen-bond acceptors (Lipinski definition) is 2. The first-order valence-corrected chi connectivity index (χ1v) is 6.83. The third-order valence-corrected chi connectivity index (χ3v) is 4.79. The second kappa shape index (κ2) is 4.19. The van der Waals surface area contributed by atoms with Crippen LogP contribution in [0.2, 0.25) is 0 Å². The lowest BCUT2D eigenvalue weighted by molar-refractivity contribution is 0.107. The summed E-state index contributed by atoms with van der Waals surface area (Å²) < 4.78 is 1.34. The highest BCUT2D eigenvalue weighted by Gasteiger charge is 2.25. The zero-order valence-electron chi connectivity index (χ0n) is 9.23. The second-order valence-electron chi connectivity index (χ2n) is 4.64. The number of thiophene rings is 1. The van der Waals surface area contributed by atoms with Gasteiger partial charge in [-0.25, -0.2) is 0 Å². The van der Waals surface area contributed by atoms with Crippen molar-refractivity contribution in [1.82, 2.24) is 0 Å². The molecule has 0 unspecified atom stereocenters. The maximum atomic E-state index is 10.1. The molecule has 1 aliphatic rings. The summed E-state index contributed by atoms with van der Waals surface area (Å²) in [6.07, 6.45) is 4.44. The summed E-state index contributed by atoms with van der Waals surface area (Å²) >= 11 is 1.85. The first kappa shape index (κ1) is 10.3. The van der Waals surface area contributed by atoms with Crippen LogP contribution in [0.5, 0.6) is 0 Å². The molecule has 0 aliphatic heterocycles. The van der Waals surface area contributed by atoms with E-state index in [0.717, 1.165) is 12.8 Å². The monoisotopic (exact) mass is 232 g/mol. The number of aliphatic hydroxyl groups excluding tert-OH is 1. The Kier molecular flexibility index (Phi) is 2.70. The molecule has 2 aromatic rings. The van der Waals surface area contributed by atoms with Gasteiger partial charge in [0.25, 0.3) is 0 Å². The molecule has 16 heavy (non-hydrogen) atoms. The van der Waals surface area contributed by atoms with Crippen LogP contribution in [-0.4, -0.2) is 11.2 Å². The smallest absolute Gasteiger partial charge is 0.0616 e. The van der Waals surface area contributed by atoms with E-state index in [2.05, 4.69) is 30.3 Å². The Morgan fingerprint density at radius 1 is 1.12 bits per heavy atom. The van der Waals surface area contributed by atoms with E-state index in [1.807, 2.05) is 11.3 Å². The van der Waals surface area contributed by atoms with E-state index in [0.29, 0.717) is 5.92 Å². The Hall–Kier alpha value is -0.860. The van der Waals surface area contributed by atoms with Gasteiger partial charge in [0.2, 0.25) is 0 Å². The highest BCUT2D eigenvalue weighted by atomic mass is 32.1. The fraction of sp³-hybridized carbons (Fsp3) is 0.429. The Morgan fingerprint density at radius 3 is 2.75 bits per heavy atom. The molecule has 1 aliphatic carbocycles. The summed E-state index contributed by atoms with van der Waals surface area (Å²) in [7, 11) is 0. The van der Waals surface area contributed by atoms with Crippen molar-refractivity contribution in [2.75, 3.05) is 0 Å². The van der Waals surface area contributed by atoms with Gasteiger partial charge in [0.05, 0.1) is 6.10 Å². The second-order valence-corrected chi connectivity index (χ2v) is 5.76. The van der Waals surface area contributed by atoms with E-state index in [-0.39, 0.29) is 6.10 Å². The van der Waals surface area contributed by atoms with Gasteiger partial charge in [0.15, 0.2) is 0 Å². The Bertz CT molecular complexity index is 455. The fourth-order valence-corrected chi connectivity index (χ4v) is 3.89. The van der Waals surface area contributed by atoms with E-state index in [4.69, 9.17) is 0 Å². The molecule has 0 saturated heterocycles. The van der Waals surface area contributed by atoms with Crippen molar-refractivity contribution >= 4 is 21.4 Å². The molecule has 2 atom stereocenters. The summed E-state index contributed by atoms with van der Waals surface area (Å²) in [5.41, 5.74) is 0. The van der Waals surface area contributed by atoms with Gasteiger partial charge in [-0.3, -0.25) is 0 Å². The molecule has 1 nitrogen and oxygen atoms in total. The van der Waals surface area contributed by atoms with Crippen LogP contribution in [0.15, 0.2) is 30.3 Å². The summed E-state index contributed by atoms with van der Waals surface area (Å²) in [5.74, 6) is 0.381. The minimum absolute atomic E-state index is 0.123. The number of rotatable bonds is 1. The predicted molar refractivity (Wildman–Crippen MR) is 69.0 cm³/mol. The van der Waals surface area contributed by atoms with Crippen LogP contribution >= 0.6 is 11.3 Å². The molecule has 1 N–H and O–H groups in total. The molecule has 3 rings (SSSR count). The van der Waals surface area contributed by atoms with Gasteiger partial charge in [-0.2, -0.15) is 0 Å². The molecule has 2 heteroatoms. The molecule has 1 aromatic carbocycles. The van der Waals surface area contributed by atoms with Crippen LogP contribution in [0, 0.1) is 0 Å². The summed E-state index contributed by atoms with van der Waals surface area (Å²) in [4.78, 5) is 1.37. The van der Waals surface area contributed by atoms with Crippen LogP contribution in [0.1, 0.15) is 36.5 Å². The zero-order chi connectivity index (χ0) is 11.0. The number of fused-ring (bicyclic) bond motifs is 1. The van der Waals surface area contributed by atoms with Gasteiger partial charge in [-0.15, -0.1) is 11.3 Å². The van der Waals surface area contributed by atoms with E-state index in [9.17, 15) is 5.11 Å². The topological polar surface area (TPSA) is 20.2 Å². The third kappa shape index (κ3) is 1.76. The SMILES string of the molecule is O[C@@H]1CCCC[C@@H]1c1cc2ccccc2s1. The van der Waals surface area contributed by atoms with Gasteiger partial charge in [-0.05, 0) is 30.4 Å². The van der Waals surface area contributed by atoms with Crippen LogP contribution in [0.25, 0.3) is 10.1 Å². The van der Waals surface area contributed by atoms with Crippen molar-refractivity contribution in [2.45, 2.75) is 37.7 Å². The number of benzene rings is 1. The quantitative estimate of drug-likeness (QED) is 0.790. The molecule has 0 bridgehead atoms. The fourth-order valence-electron chi connectivity index (χ4n) is 2.63. The Morgan fingerprint density at radius 2 is 1.94 bits per heavy atom. The van der Waals surface area contributed by atoms with Crippen molar-refractivity contribution in [3.8, 4) is 0 Å². The lowest BCUT2D eigenvalue weighted by atomic mass is 9.85. The molecule has 1 fully saturated rings. The normalized spacial score (nSPS) is 26.1. The first-order chi connectivity index (χ1) is 7.84. The summed E-state index contributed by atoms with van der Waals surface area (Å²) in [6.45, 7) is 0. The maximum absolute atomic E-state index is 10.1. The molecule has 0 radical (unpaired) electrons. The first-order valence-electron chi connectivity index (χ1n) is 6.01. The highest BCUT2D eigenvalue weighted by Crippen LogP contribution is 2.38. The zero-order valence-corrected chi connectivity index (χ0v) is 10.0. The molecule has 1 saturated carbocycles. The van der Waals surface area contributed by atoms with E-state index in [1.165, 1.54) is 27.8 Å². The third-order valence-electron chi connectivity index (χ3n) is 3.54. The Balaban J connectivity index is 1.98. The minimum atomic E-state index is -0.123. The molecular formula is C14H16OS. The lowest BCUT2D eigenvalue weighted by Crippen LogP contribution is -2.21.